The molecule has 0 aliphatic carbocycles. The Morgan fingerprint density at radius 2 is 2.09 bits per heavy atom. The number of hydrogen-bond acceptors (Lipinski definition) is 4. The second kappa shape index (κ2) is 6.80. The molecule has 0 saturated carbocycles. The lowest BCUT2D eigenvalue weighted by atomic mass is 10.1. The van der Waals surface area contributed by atoms with Gasteiger partial charge in [-0.05, 0) is 47.4 Å². The van der Waals surface area contributed by atoms with E-state index >= 15 is 0 Å². The van der Waals surface area contributed by atoms with Crippen LogP contribution in [0.1, 0.15) is 16.5 Å². The number of carbonyl (C=O) groups is 1. The van der Waals surface area contributed by atoms with Crippen molar-refractivity contribution in [2.24, 2.45) is 0 Å². The van der Waals surface area contributed by atoms with Gasteiger partial charge in [-0.15, -0.1) is 11.3 Å². The molecule has 0 spiro atoms. The van der Waals surface area contributed by atoms with Crippen LogP contribution in [0.2, 0.25) is 0 Å². The van der Waals surface area contributed by atoms with Crippen molar-refractivity contribution in [2.75, 3.05) is 12.4 Å². The number of nitrogens with one attached hydrogen (secondary N) is 3. The maximum Gasteiger partial charge on any atom is 0.411 e. The highest BCUT2D eigenvalue weighted by atomic mass is 32.1. The molecular formula is C16H15N3O2S2. The summed E-state index contributed by atoms with van der Waals surface area (Å²) in [6.45, 7) is 0. The summed E-state index contributed by atoms with van der Waals surface area (Å²) in [5.74, 6) is 0. The molecule has 23 heavy (non-hydrogen) atoms. The van der Waals surface area contributed by atoms with E-state index in [2.05, 4.69) is 32.8 Å². The molecule has 1 aliphatic rings. The summed E-state index contributed by atoms with van der Waals surface area (Å²) >= 11 is 6.98. The number of rotatable bonds is 3. The summed E-state index contributed by atoms with van der Waals surface area (Å²) < 4.78 is 4.57. The normalized spacial score (nSPS) is 16.8. The van der Waals surface area contributed by atoms with Crippen molar-refractivity contribution in [3.05, 3.63) is 58.3 Å². The van der Waals surface area contributed by atoms with Crippen LogP contribution in [-0.2, 0) is 4.74 Å². The molecular weight excluding hydrogens is 330 g/mol. The Labute approximate surface area is 143 Å². The van der Waals surface area contributed by atoms with Crippen LogP contribution in [0.3, 0.4) is 0 Å². The van der Waals surface area contributed by atoms with Crippen LogP contribution in [0.4, 0.5) is 10.5 Å². The van der Waals surface area contributed by atoms with Crippen molar-refractivity contribution in [2.45, 2.75) is 6.04 Å². The van der Waals surface area contributed by atoms with Gasteiger partial charge in [0.25, 0.3) is 0 Å². The predicted octanol–water partition coefficient (Wildman–Crippen LogP) is 3.49. The maximum absolute atomic E-state index is 11.2. The summed E-state index contributed by atoms with van der Waals surface area (Å²) in [5, 5.41) is 11.7. The van der Waals surface area contributed by atoms with E-state index in [0.29, 0.717) is 10.8 Å². The van der Waals surface area contributed by atoms with Crippen LogP contribution in [0.25, 0.3) is 5.70 Å². The Hall–Kier alpha value is -2.38. The van der Waals surface area contributed by atoms with Gasteiger partial charge in [0.2, 0.25) is 0 Å². The number of hydrogen-bond donors (Lipinski definition) is 3. The van der Waals surface area contributed by atoms with E-state index in [9.17, 15) is 4.79 Å². The average Bonchev–Trinajstić information content (AvgIpc) is 3.09. The first kappa shape index (κ1) is 15.5. The lowest BCUT2D eigenvalue weighted by molar-refractivity contribution is 0.187. The number of anilines is 1. The van der Waals surface area contributed by atoms with E-state index in [1.165, 1.54) is 12.0 Å². The van der Waals surface area contributed by atoms with E-state index in [0.717, 1.165) is 11.3 Å². The molecule has 2 aromatic rings. The monoisotopic (exact) mass is 345 g/mol. The number of carbonyl (C=O) groups excluding carboxylic acids is 1. The van der Waals surface area contributed by atoms with Crippen LogP contribution in [-0.4, -0.2) is 18.3 Å². The fourth-order valence-electron chi connectivity index (χ4n) is 2.24. The topological polar surface area (TPSA) is 62.4 Å². The number of amides is 1. The molecule has 0 bridgehead atoms. The highest BCUT2D eigenvalue weighted by Gasteiger charge is 2.19. The predicted molar refractivity (Wildman–Crippen MR) is 96.4 cm³/mol. The zero-order valence-corrected chi connectivity index (χ0v) is 14.0. The number of benzene rings is 1. The van der Waals surface area contributed by atoms with Crippen LogP contribution in [0.5, 0.6) is 0 Å². The van der Waals surface area contributed by atoms with Crippen molar-refractivity contribution in [1.29, 1.82) is 0 Å². The largest absolute Gasteiger partial charge is 0.453 e. The van der Waals surface area contributed by atoms with Gasteiger partial charge in [-0.2, -0.15) is 0 Å². The van der Waals surface area contributed by atoms with Crippen molar-refractivity contribution in [1.82, 2.24) is 10.6 Å². The standard InChI is InChI=1S/C16H15N3O2S2/c1-21-16(20)17-11-6-4-10(5-7-11)12-9-13(19-15(22)18-12)14-3-2-8-23-14/h2-9,13H,1H3,(H,17,20)(H2,18,19,22). The molecule has 1 aromatic carbocycles. The minimum atomic E-state index is -0.490. The van der Waals surface area contributed by atoms with Crippen LogP contribution >= 0.6 is 23.6 Å². The van der Waals surface area contributed by atoms with Gasteiger partial charge < -0.3 is 15.4 Å². The molecule has 5 nitrogen and oxygen atoms in total. The molecule has 1 unspecified atom stereocenters. The van der Waals surface area contributed by atoms with Crippen LogP contribution in [0, 0.1) is 0 Å². The highest BCUT2D eigenvalue weighted by Crippen LogP contribution is 2.26. The van der Waals surface area contributed by atoms with Crippen LogP contribution < -0.4 is 16.0 Å². The van der Waals surface area contributed by atoms with E-state index in [1.54, 1.807) is 11.3 Å². The Morgan fingerprint density at radius 3 is 2.74 bits per heavy atom. The Balaban J connectivity index is 1.82. The second-order valence-corrected chi connectivity index (χ2v) is 6.25. The lowest BCUT2D eigenvalue weighted by Gasteiger charge is -2.25. The fraction of sp³-hybridized carbons (Fsp3) is 0.125. The van der Waals surface area contributed by atoms with Gasteiger partial charge in [-0.3, -0.25) is 5.32 Å². The molecule has 0 saturated heterocycles. The fourth-order valence-corrected chi connectivity index (χ4v) is 3.22. The minimum absolute atomic E-state index is 0.0617. The summed E-state index contributed by atoms with van der Waals surface area (Å²) in [5.41, 5.74) is 2.61. The van der Waals surface area contributed by atoms with Gasteiger partial charge in [0.05, 0.1) is 13.2 Å². The summed E-state index contributed by atoms with van der Waals surface area (Å²) in [6.07, 6.45) is 1.61. The van der Waals surface area contributed by atoms with E-state index in [4.69, 9.17) is 12.2 Å². The highest BCUT2D eigenvalue weighted by molar-refractivity contribution is 7.80. The molecule has 1 aliphatic heterocycles. The average molecular weight is 345 g/mol. The third-order valence-corrected chi connectivity index (χ3v) is 4.52. The molecule has 118 valence electrons. The summed E-state index contributed by atoms with van der Waals surface area (Å²) in [4.78, 5) is 12.4. The first-order chi connectivity index (χ1) is 11.2. The first-order valence-electron chi connectivity index (χ1n) is 6.94. The van der Waals surface area contributed by atoms with Gasteiger partial charge >= 0.3 is 6.09 Å². The first-order valence-corrected chi connectivity index (χ1v) is 8.22. The summed E-state index contributed by atoms with van der Waals surface area (Å²) in [6, 6.07) is 11.6. The second-order valence-electron chi connectivity index (χ2n) is 4.87. The molecule has 3 rings (SSSR count). The molecule has 1 amide bonds. The molecule has 0 fully saturated rings. The lowest BCUT2D eigenvalue weighted by Crippen LogP contribution is -2.40. The van der Waals surface area contributed by atoms with E-state index in [-0.39, 0.29) is 6.04 Å². The van der Waals surface area contributed by atoms with Gasteiger partial charge in [-0.25, -0.2) is 4.79 Å². The van der Waals surface area contributed by atoms with Crippen molar-refractivity contribution in [3.8, 4) is 0 Å². The molecule has 2 heterocycles. The number of thiocarbonyl (C=S) groups is 1. The quantitative estimate of drug-likeness (QED) is 0.744. The Bertz CT molecular complexity index is 739. The van der Waals surface area contributed by atoms with E-state index in [1.807, 2.05) is 35.7 Å². The van der Waals surface area contributed by atoms with Gasteiger partial charge in [0.1, 0.15) is 0 Å². The Kier molecular flexibility index (Phi) is 4.59. The number of thiophene rings is 1. The molecule has 0 radical (unpaired) electrons. The van der Waals surface area contributed by atoms with Crippen molar-refractivity contribution in [3.63, 3.8) is 0 Å². The minimum Gasteiger partial charge on any atom is -0.453 e. The smallest absolute Gasteiger partial charge is 0.411 e. The number of ether oxygens (including phenoxy) is 1. The third-order valence-electron chi connectivity index (χ3n) is 3.35. The molecule has 7 heteroatoms. The zero-order chi connectivity index (χ0) is 16.2. The van der Waals surface area contributed by atoms with Crippen molar-refractivity contribution >= 4 is 46.1 Å². The van der Waals surface area contributed by atoms with E-state index < -0.39 is 6.09 Å². The summed E-state index contributed by atoms with van der Waals surface area (Å²) in [7, 11) is 1.33. The number of methoxy groups -OCH3 is 1. The molecule has 3 N–H and O–H groups in total. The van der Waals surface area contributed by atoms with Gasteiger partial charge in [0, 0.05) is 16.3 Å². The maximum atomic E-state index is 11.2. The van der Waals surface area contributed by atoms with Gasteiger partial charge in [0.15, 0.2) is 5.11 Å². The SMILES string of the molecule is COC(=O)Nc1ccc(C2=CC(c3cccs3)NC(=S)N2)cc1. The van der Waals surface area contributed by atoms with Crippen LogP contribution in [0.15, 0.2) is 47.9 Å². The third kappa shape index (κ3) is 3.69. The van der Waals surface area contributed by atoms with Crippen molar-refractivity contribution < 1.29 is 9.53 Å². The molecule has 1 aromatic heterocycles. The Morgan fingerprint density at radius 1 is 1.30 bits per heavy atom. The molecule has 1 atom stereocenters. The zero-order valence-electron chi connectivity index (χ0n) is 12.3. The van der Waals surface area contributed by atoms with Gasteiger partial charge in [-0.1, -0.05) is 18.2 Å².